The minimum Gasteiger partial charge on any atom is -0.493 e. The molecule has 5 nitrogen and oxygen atoms in total. The van der Waals surface area contributed by atoms with Crippen molar-refractivity contribution in [1.29, 1.82) is 0 Å². The molecule has 4 saturated carbocycles. The first-order valence-electron chi connectivity index (χ1n) is 15.8. The summed E-state index contributed by atoms with van der Waals surface area (Å²) in [4.78, 5) is 16.8. The van der Waals surface area contributed by atoms with Gasteiger partial charge in [0.1, 0.15) is 17.1 Å². The highest BCUT2D eigenvalue weighted by Gasteiger charge is 2.57. The van der Waals surface area contributed by atoms with Crippen LogP contribution < -0.4 is 14.2 Å². The van der Waals surface area contributed by atoms with Gasteiger partial charge < -0.3 is 18.9 Å². The lowest BCUT2D eigenvalue weighted by Crippen LogP contribution is -2.58. The van der Waals surface area contributed by atoms with Crippen molar-refractivity contribution in [3.05, 3.63) is 91.0 Å². The van der Waals surface area contributed by atoms with Crippen LogP contribution in [0.25, 0.3) is 11.1 Å². The van der Waals surface area contributed by atoms with Crippen molar-refractivity contribution in [2.75, 3.05) is 13.7 Å². The number of fused-ring (bicyclic) bond motifs is 3. The lowest BCUT2D eigenvalue weighted by molar-refractivity contribution is -0.204. The van der Waals surface area contributed by atoms with Crippen LogP contribution in [0.4, 0.5) is 0 Å². The van der Waals surface area contributed by atoms with Crippen molar-refractivity contribution in [2.45, 2.75) is 59.3 Å². The predicted octanol–water partition coefficient (Wildman–Crippen LogP) is 9.08. The van der Waals surface area contributed by atoms with E-state index in [1.165, 1.54) is 57.9 Å². The summed E-state index contributed by atoms with van der Waals surface area (Å²) in [5.74, 6) is 4.98. The minimum absolute atomic E-state index is 0.0928. The van der Waals surface area contributed by atoms with Gasteiger partial charge >= 0.3 is 5.97 Å². The molecule has 4 aliphatic carbocycles. The van der Waals surface area contributed by atoms with Crippen molar-refractivity contribution in [3.63, 3.8) is 0 Å². The van der Waals surface area contributed by atoms with Crippen LogP contribution in [-0.4, -0.2) is 25.3 Å². The second-order valence-electron chi connectivity index (χ2n) is 13.0. The van der Waals surface area contributed by atoms with E-state index >= 15 is 0 Å². The van der Waals surface area contributed by atoms with E-state index in [1.807, 2.05) is 30.3 Å². The third-order valence-electron chi connectivity index (χ3n) is 10.5. The summed E-state index contributed by atoms with van der Waals surface area (Å²) >= 11 is 0. The van der Waals surface area contributed by atoms with Gasteiger partial charge in [-0.25, -0.2) is 4.79 Å². The summed E-state index contributed by atoms with van der Waals surface area (Å²) in [6, 6.07) is 31.0. The molecule has 4 fully saturated rings. The van der Waals surface area contributed by atoms with E-state index < -0.39 is 10.9 Å². The largest absolute Gasteiger partial charge is 0.493 e. The first-order chi connectivity index (χ1) is 21.5. The first-order valence-corrected chi connectivity index (χ1v) is 17.1. The van der Waals surface area contributed by atoms with Gasteiger partial charge in [0.05, 0.1) is 7.11 Å². The maximum atomic E-state index is 12.9. The lowest BCUT2D eigenvalue weighted by Gasteiger charge is -2.59. The van der Waals surface area contributed by atoms with E-state index in [4.69, 9.17) is 18.9 Å². The van der Waals surface area contributed by atoms with Gasteiger partial charge in [-0.05, 0) is 133 Å². The van der Waals surface area contributed by atoms with Crippen LogP contribution in [0.1, 0.15) is 39.0 Å². The number of hydrogen-bond acceptors (Lipinski definition) is 5. The van der Waals surface area contributed by atoms with Gasteiger partial charge in [0.15, 0.2) is 18.1 Å². The Hall–Kier alpha value is -3.90. The van der Waals surface area contributed by atoms with E-state index in [2.05, 4.69) is 67.6 Å². The Morgan fingerprint density at radius 2 is 1.34 bits per heavy atom. The molecule has 44 heavy (non-hydrogen) atoms. The summed E-state index contributed by atoms with van der Waals surface area (Å²) in [6.45, 7) is 2.07. The SMILES string of the molecule is COc1ccc([SH]2c3ccccc3-c3ccccc32)cc1Oc1ccc(OCC(=O)OC2(C)C3CC4CC(C3)CC2C4)cc1. The van der Waals surface area contributed by atoms with Crippen LogP contribution in [0.3, 0.4) is 0 Å². The fraction of sp³-hybridized carbons (Fsp3) is 0.342. The highest BCUT2D eigenvalue weighted by molar-refractivity contribution is 8.17. The van der Waals surface area contributed by atoms with Crippen LogP contribution in [0, 0.1) is 23.7 Å². The van der Waals surface area contributed by atoms with Gasteiger partial charge in [0.2, 0.25) is 0 Å². The first kappa shape index (κ1) is 27.6. The second-order valence-corrected chi connectivity index (χ2v) is 15.2. The number of carbonyl (C=O) groups excluding carboxylic acids is 1. The maximum absolute atomic E-state index is 12.9. The Kier molecular flexibility index (Phi) is 6.86. The summed E-state index contributed by atoms with van der Waals surface area (Å²) < 4.78 is 24.1. The topological polar surface area (TPSA) is 54.0 Å². The number of rotatable bonds is 8. The molecule has 0 N–H and O–H groups in total. The molecular weight excluding hydrogens is 568 g/mol. The number of hydrogen-bond donors (Lipinski definition) is 1. The van der Waals surface area contributed by atoms with Crippen LogP contribution in [-0.2, 0) is 9.53 Å². The molecule has 0 spiro atoms. The molecule has 0 aromatic heterocycles. The maximum Gasteiger partial charge on any atom is 0.344 e. The number of methoxy groups -OCH3 is 1. The van der Waals surface area contributed by atoms with E-state index in [1.54, 1.807) is 7.11 Å². The van der Waals surface area contributed by atoms with Gasteiger partial charge in [-0.3, -0.25) is 0 Å². The molecule has 226 valence electrons. The smallest absolute Gasteiger partial charge is 0.344 e. The fourth-order valence-electron chi connectivity index (χ4n) is 8.52. The lowest BCUT2D eigenvalue weighted by atomic mass is 9.50. The van der Waals surface area contributed by atoms with Gasteiger partial charge in [0.25, 0.3) is 0 Å². The Labute approximate surface area is 261 Å². The van der Waals surface area contributed by atoms with E-state index in [0.717, 1.165) is 11.8 Å². The number of ether oxygens (including phenoxy) is 4. The Morgan fingerprint density at radius 3 is 1.95 bits per heavy atom. The van der Waals surface area contributed by atoms with Gasteiger partial charge in [0, 0.05) is 9.79 Å². The molecule has 1 heterocycles. The molecule has 5 aliphatic rings. The third kappa shape index (κ3) is 4.75. The predicted molar refractivity (Wildman–Crippen MR) is 172 cm³/mol. The zero-order valence-corrected chi connectivity index (χ0v) is 26.1. The molecule has 1 aliphatic heterocycles. The summed E-state index contributed by atoms with van der Waals surface area (Å²) in [5.41, 5.74) is 2.27. The Bertz CT molecular complexity index is 1640. The molecule has 0 atom stereocenters. The average Bonchev–Trinajstić information content (AvgIpc) is 3.37. The average molecular weight is 607 g/mol. The van der Waals surface area contributed by atoms with Gasteiger partial charge in [-0.15, -0.1) is 0 Å². The van der Waals surface area contributed by atoms with Gasteiger partial charge in [-0.1, -0.05) is 36.4 Å². The van der Waals surface area contributed by atoms with Crippen molar-refractivity contribution < 1.29 is 23.7 Å². The minimum atomic E-state index is -0.710. The highest BCUT2D eigenvalue weighted by Crippen LogP contribution is 2.63. The molecule has 0 unspecified atom stereocenters. The van der Waals surface area contributed by atoms with Crippen molar-refractivity contribution in [2.24, 2.45) is 23.7 Å². The van der Waals surface area contributed by atoms with Gasteiger partial charge in [-0.2, -0.15) is 10.9 Å². The van der Waals surface area contributed by atoms with Crippen molar-refractivity contribution in [1.82, 2.24) is 0 Å². The normalized spacial score (nSPS) is 26.5. The molecule has 6 heteroatoms. The summed E-state index contributed by atoms with van der Waals surface area (Å²) in [6.07, 6.45) is 6.19. The molecule has 9 rings (SSSR count). The van der Waals surface area contributed by atoms with Crippen LogP contribution in [0.5, 0.6) is 23.0 Å². The fourth-order valence-corrected chi connectivity index (χ4v) is 11.1. The zero-order valence-electron chi connectivity index (χ0n) is 25.2. The summed E-state index contributed by atoms with van der Waals surface area (Å²) in [5, 5.41) is 0. The van der Waals surface area contributed by atoms with Crippen LogP contribution in [0.2, 0.25) is 0 Å². The number of carbonyl (C=O) groups is 1. The molecule has 0 radical (unpaired) electrons. The molecule has 4 bridgehead atoms. The number of thiol groups is 1. The molecule has 0 amide bonds. The standard InChI is InChI=1S/C38H38O5S/c1-38(26-18-24-17-25(20-26)21-27(38)19-24)43-37(39)23-41-28-11-13-29(14-12-28)42-34-22-30(15-16-33(34)40-2)44-35-9-5-3-7-31(35)32-8-4-6-10-36(32)44/h3-16,22,24-27,44H,17-21,23H2,1-2H3. The van der Waals surface area contributed by atoms with E-state index in [-0.39, 0.29) is 18.2 Å². The van der Waals surface area contributed by atoms with Crippen LogP contribution >= 0.6 is 10.9 Å². The zero-order chi connectivity index (χ0) is 29.8. The number of esters is 1. The van der Waals surface area contributed by atoms with Crippen molar-refractivity contribution >= 4 is 16.9 Å². The van der Waals surface area contributed by atoms with E-state index in [0.29, 0.717) is 34.8 Å². The van der Waals surface area contributed by atoms with Crippen LogP contribution in [0.15, 0.2) is 106 Å². The second kappa shape index (κ2) is 10.9. The summed E-state index contributed by atoms with van der Waals surface area (Å²) in [7, 11) is 0.950. The Morgan fingerprint density at radius 1 is 0.750 bits per heavy atom. The molecular formula is C38H38O5S. The molecule has 4 aromatic carbocycles. The monoisotopic (exact) mass is 606 g/mol. The van der Waals surface area contributed by atoms with E-state index in [9.17, 15) is 4.79 Å². The molecule has 0 saturated heterocycles. The highest BCUT2D eigenvalue weighted by atomic mass is 32.2. The number of benzene rings is 4. The quantitative estimate of drug-likeness (QED) is 0.141. The van der Waals surface area contributed by atoms with Crippen molar-refractivity contribution in [3.8, 4) is 34.1 Å². The molecule has 4 aromatic rings. The third-order valence-corrected chi connectivity index (χ3v) is 13.0. The Balaban J connectivity index is 0.951.